The molecule has 0 saturated carbocycles. The second-order valence-electron chi connectivity index (χ2n) is 6.75. The summed E-state index contributed by atoms with van der Waals surface area (Å²) in [5.74, 6) is 0.960. The van der Waals surface area contributed by atoms with Gasteiger partial charge in [0, 0.05) is 23.3 Å². The van der Waals surface area contributed by atoms with Gasteiger partial charge in [-0.05, 0) is 40.6 Å². The number of anilines is 2. The Morgan fingerprint density at radius 3 is 2.66 bits per heavy atom. The predicted molar refractivity (Wildman–Crippen MR) is 127 cm³/mol. The highest BCUT2D eigenvalue weighted by atomic mass is 79.9. The van der Waals surface area contributed by atoms with Crippen LogP contribution in [0.2, 0.25) is 0 Å². The van der Waals surface area contributed by atoms with Crippen molar-refractivity contribution < 1.29 is 0 Å². The fourth-order valence-corrected chi connectivity index (χ4v) is 4.62. The summed E-state index contributed by atoms with van der Waals surface area (Å²) < 4.78 is 3.05. The molecule has 1 atom stereocenters. The zero-order valence-corrected chi connectivity index (χ0v) is 19.8. The summed E-state index contributed by atoms with van der Waals surface area (Å²) >= 11 is 5.00. The molecule has 4 aromatic rings. The van der Waals surface area contributed by atoms with E-state index >= 15 is 0 Å². The van der Waals surface area contributed by atoms with E-state index in [9.17, 15) is 5.26 Å². The van der Waals surface area contributed by atoms with Crippen LogP contribution in [0.4, 0.5) is 10.9 Å². The van der Waals surface area contributed by atoms with E-state index < -0.39 is 0 Å². The number of fused-ring (bicyclic) bond motifs is 1. The topological polar surface area (TPSA) is 57.2 Å². The SMILES string of the molecule is CCc1nc2cc(P)c(Br)cn2c1N(C)c1nc(-c2ccc(C)cc2)c(C#N)s1. The lowest BCUT2D eigenvalue weighted by Gasteiger charge is -2.17. The molecule has 0 aliphatic carbocycles. The smallest absolute Gasteiger partial charge is 0.192 e. The predicted octanol–water partition coefficient (Wildman–Crippen LogP) is 5.23. The van der Waals surface area contributed by atoms with Crippen LogP contribution in [0.3, 0.4) is 0 Å². The normalized spacial score (nSPS) is 11.0. The summed E-state index contributed by atoms with van der Waals surface area (Å²) in [6.45, 7) is 4.14. The number of aromatic nitrogens is 3. The largest absolute Gasteiger partial charge is 0.305 e. The molecular formula is C21H19BrN5PS. The van der Waals surface area contributed by atoms with Crippen molar-refractivity contribution in [2.75, 3.05) is 11.9 Å². The third-order valence-electron chi connectivity index (χ3n) is 4.77. The summed E-state index contributed by atoms with van der Waals surface area (Å²) in [6.07, 6.45) is 2.82. The Kier molecular flexibility index (Phi) is 5.44. The van der Waals surface area contributed by atoms with Gasteiger partial charge in [0.25, 0.3) is 0 Å². The molecule has 0 spiro atoms. The average molecular weight is 484 g/mol. The number of imidazole rings is 1. The van der Waals surface area contributed by atoms with Crippen LogP contribution in [0.5, 0.6) is 0 Å². The number of halogens is 1. The molecule has 0 bridgehead atoms. The highest BCUT2D eigenvalue weighted by Crippen LogP contribution is 2.37. The van der Waals surface area contributed by atoms with Crippen molar-refractivity contribution in [3.8, 4) is 17.3 Å². The molecule has 0 radical (unpaired) electrons. The van der Waals surface area contributed by atoms with Crippen LogP contribution in [0, 0.1) is 18.3 Å². The zero-order chi connectivity index (χ0) is 20.7. The first-order valence-corrected chi connectivity index (χ1v) is 11.3. The van der Waals surface area contributed by atoms with Gasteiger partial charge < -0.3 is 4.90 Å². The lowest BCUT2D eigenvalue weighted by atomic mass is 10.1. The molecule has 0 N–H and O–H groups in total. The highest BCUT2D eigenvalue weighted by Gasteiger charge is 2.22. The maximum Gasteiger partial charge on any atom is 0.192 e. The molecule has 1 aromatic carbocycles. The molecule has 1 unspecified atom stereocenters. The molecule has 4 rings (SSSR count). The minimum Gasteiger partial charge on any atom is -0.305 e. The molecule has 0 aliphatic heterocycles. The lowest BCUT2D eigenvalue weighted by Crippen LogP contribution is -2.14. The molecular weight excluding hydrogens is 465 g/mol. The minimum atomic E-state index is 0.607. The van der Waals surface area contributed by atoms with Gasteiger partial charge in [0.05, 0.1) is 5.69 Å². The third kappa shape index (κ3) is 3.57. The Bertz CT molecular complexity index is 1250. The van der Waals surface area contributed by atoms with Gasteiger partial charge in [0.15, 0.2) is 5.13 Å². The Hall–Kier alpha value is -2.26. The van der Waals surface area contributed by atoms with Gasteiger partial charge in [0.1, 0.15) is 28.1 Å². The van der Waals surface area contributed by atoms with E-state index in [1.165, 1.54) is 16.9 Å². The van der Waals surface area contributed by atoms with Crippen molar-refractivity contribution >= 4 is 58.4 Å². The summed E-state index contributed by atoms with van der Waals surface area (Å²) in [4.78, 5) is 12.3. The van der Waals surface area contributed by atoms with Gasteiger partial charge in [-0.25, -0.2) is 9.97 Å². The van der Waals surface area contributed by atoms with Crippen LogP contribution in [-0.2, 0) is 6.42 Å². The van der Waals surface area contributed by atoms with Crippen molar-refractivity contribution in [1.82, 2.24) is 14.4 Å². The molecule has 8 heteroatoms. The molecule has 3 aromatic heterocycles. The molecule has 0 amide bonds. The first kappa shape index (κ1) is 20.0. The fourth-order valence-electron chi connectivity index (χ4n) is 3.23. The number of thiazole rings is 1. The van der Waals surface area contributed by atoms with Crippen LogP contribution in [0.15, 0.2) is 41.0 Å². The number of hydrogen-bond donors (Lipinski definition) is 0. The van der Waals surface area contributed by atoms with Gasteiger partial charge in [-0.1, -0.05) is 48.1 Å². The Morgan fingerprint density at radius 1 is 1.28 bits per heavy atom. The number of benzene rings is 1. The van der Waals surface area contributed by atoms with Crippen LogP contribution >= 0.6 is 36.5 Å². The van der Waals surface area contributed by atoms with Crippen molar-refractivity contribution in [2.45, 2.75) is 20.3 Å². The van der Waals surface area contributed by atoms with Crippen LogP contribution < -0.4 is 10.2 Å². The number of nitriles is 1. The van der Waals surface area contributed by atoms with Gasteiger partial charge in [0.2, 0.25) is 0 Å². The molecule has 0 aliphatic rings. The molecule has 29 heavy (non-hydrogen) atoms. The van der Waals surface area contributed by atoms with Crippen LogP contribution in [-0.4, -0.2) is 21.4 Å². The van der Waals surface area contributed by atoms with Gasteiger partial charge >= 0.3 is 0 Å². The van der Waals surface area contributed by atoms with Gasteiger partial charge in [-0.3, -0.25) is 4.40 Å². The van der Waals surface area contributed by atoms with E-state index in [1.54, 1.807) is 0 Å². The highest BCUT2D eigenvalue weighted by molar-refractivity contribution is 9.10. The van der Waals surface area contributed by atoms with Crippen molar-refractivity contribution in [1.29, 1.82) is 5.26 Å². The Morgan fingerprint density at radius 2 is 2.00 bits per heavy atom. The van der Waals surface area contributed by atoms with E-state index in [0.717, 1.165) is 49.7 Å². The first-order chi connectivity index (χ1) is 13.9. The molecule has 0 saturated heterocycles. The van der Waals surface area contributed by atoms with E-state index in [0.29, 0.717) is 4.88 Å². The molecule has 146 valence electrons. The number of aryl methyl sites for hydroxylation is 2. The number of pyridine rings is 1. The van der Waals surface area contributed by atoms with Gasteiger partial charge in [-0.2, -0.15) is 5.26 Å². The van der Waals surface area contributed by atoms with Crippen molar-refractivity contribution in [3.05, 3.63) is 57.1 Å². The Labute approximate surface area is 184 Å². The number of rotatable bonds is 4. The maximum absolute atomic E-state index is 9.68. The second kappa shape index (κ2) is 7.87. The van der Waals surface area contributed by atoms with Gasteiger partial charge in [-0.15, -0.1) is 9.24 Å². The minimum absolute atomic E-state index is 0.607. The monoisotopic (exact) mass is 483 g/mol. The molecule has 5 nitrogen and oxygen atoms in total. The summed E-state index contributed by atoms with van der Waals surface area (Å²) in [5.41, 5.74) is 4.72. The van der Waals surface area contributed by atoms with E-state index in [1.807, 2.05) is 55.4 Å². The first-order valence-electron chi connectivity index (χ1n) is 9.10. The van der Waals surface area contributed by atoms with E-state index in [-0.39, 0.29) is 0 Å². The lowest BCUT2D eigenvalue weighted by molar-refractivity contribution is 1.01. The van der Waals surface area contributed by atoms with E-state index in [2.05, 4.69) is 42.6 Å². The quantitative estimate of drug-likeness (QED) is 0.373. The number of nitrogens with zero attached hydrogens (tertiary/aromatic N) is 5. The fraction of sp³-hybridized carbons (Fsp3) is 0.190. The van der Waals surface area contributed by atoms with Crippen molar-refractivity contribution in [2.24, 2.45) is 0 Å². The summed E-state index contributed by atoms with van der Waals surface area (Å²) in [5, 5.41) is 11.5. The zero-order valence-electron chi connectivity index (χ0n) is 16.3. The number of hydrogen-bond acceptors (Lipinski definition) is 5. The summed E-state index contributed by atoms with van der Waals surface area (Å²) in [7, 11) is 4.70. The summed E-state index contributed by atoms with van der Waals surface area (Å²) in [6, 6.07) is 12.4. The molecule has 0 fully saturated rings. The molecule has 3 heterocycles. The van der Waals surface area contributed by atoms with Crippen LogP contribution in [0.1, 0.15) is 23.1 Å². The third-order valence-corrected chi connectivity index (χ3v) is 7.37. The second-order valence-corrected chi connectivity index (χ2v) is 9.21. The van der Waals surface area contributed by atoms with Crippen molar-refractivity contribution in [3.63, 3.8) is 0 Å². The van der Waals surface area contributed by atoms with Crippen LogP contribution in [0.25, 0.3) is 16.9 Å². The Balaban J connectivity index is 1.85. The average Bonchev–Trinajstić information content (AvgIpc) is 3.30. The standard InChI is InChI=1S/C21H19BrN5PS/c1-4-15-20(27-11-14(22)16(28)9-18(27)24-15)26(3)21-25-19(17(10-23)29-21)13-7-5-12(2)6-8-13/h5-9,11H,4,28H2,1-3H3. The maximum atomic E-state index is 9.68. The van der Waals surface area contributed by atoms with E-state index in [4.69, 9.17) is 9.97 Å².